The molecule has 0 aliphatic carbocycles. The Balaban J connectivity index is 1.81. The number of aryl methyl sites for hydroxylation is 1. The Labute approximate surface area is 168 Å². The summed E-state index contributed by atoms with van der Waals surface area (Å²) in [7, 11) is 3.28. The van der Waals surface area contributed by atoms with Gasteiger partial charge in [-0.1, -0.05) is 24.3 Å². The van der Waals surface area contributed by atoms with Crippen LogP contribution >= 0.6 is 11.3 Å². The molecule has 0 radical (unpaired) electrons. The zero-order chi connectivity index (χ0) is 19.8. The van der Waals surface area contributed by atoms with Crippen LogP contribution in [-0.2, 0) is 0 Å². The number of rotatable bonds is 5. The number of thiazole rings is 1. The van der Waals surface area contributed by atoms with Gasteiger partial charge in [0.2, 0.25) is 10.8 Å². The van der Waals surface area contributed by atoms with Crippen LogP contribution in [-0.4, -0.2) is 51.9 Å². The number of hydrogen-bond donors (Lipinski definition) is 1. The molecule has 1 aliphatic heterocycles. The van der Waals surface area contributed by atoms with Crippen LogP contribution in [0.1, 0.15) is 42.1 Å². The van der Waals surface area contributed by atoms with E-state index in [2.05, 4.69) is 21.9 Å². The molecule has 1 N–H and O–H groups in total. The Morgan fingerprint density at radius 3 is 2.54 bits per heavy atom. The van der Waals surface area contributed by atoms with E-state index in [1.807, 2.05) is 25.1 Å². The number of likely N-dealkylation sites (tertiary alicyclic amines) is 1. The normalized spacial score (nSPS) is 17.1. The van der Waals surface area contributed by atoms with Crippen LogP contribution in [0.25, 0.3) is 4.96 Å². The molecule has 0 bridgehead atoms. The summed E-state index contributed by atoms with van der Waals surface area (Å²) in [4.78, 5) is 8.43. The molecule has 4 rings (SSSR count). The highest BCUT2D eigenvalue weighted by molar-refractivity contribution is 7.17. The van der Waals surface area contributed by atoms with E-state index in [0.717, 1.165) is 42.3 Å². The highest BCUT2D eigenvalue weighted by Gasteiger charge is 2.32. The molecule has 1 aromatic carbocycles. The summed E-state index contributed by atoms with van der Waals surface area (Å²) < 4.78 is 12.5. The molecule has 3 aromatic rings. The Kier molecular flexibility index (Phi) is 5.16. The molecule has 0 amide bonds. The van der Waals surface area contributed by atoms with Gasteiger partial charge in [0.1, 0.15) is 5.82 Å². The van der Waals surface area contributed by atoms with Gasteiger partial charge in [0.25, 0.3) is 0 Å². The quantitative estimate of drug-likeness (QED) is 0.702. The second-order valence-corrected chi connectivity index (χ2v) is 8.39. The second-order valence-electron chi connectivity index (χ2n) is 7.38. The number of ether oxygens (including phenoxy) is 2. The number of benzene rings is 1. The van der Waals surface area contributed by atoms with Gasteiger partial charge in [-0.2, -0.15) is 4.52 Å². The molecule has 28 heavy (non-hydrogen) atoms. The minimum absolute atomic E-state index is 0.0823. The second kappa shape index (κ2) is 7.60. The smallest absolute Gasteiger partial charge is 0.230 e. The summed E-state index contributed by atoms with van der Waals surface area (Å²) >= 11 is 1.49. The first-order valence-electron chi connectivity index (χ1n) is 9.52. The molecule has 0 unspecified atom stereocenters. The molecule has 8 heteroatoms. The molecule has 1 fully saturated rings. The minimum Gasteiger partial charge on any atom is -0.493 e. The topological polar surface area (TPSA) is 72.1 Å². The van der Waals surface area contributed by atoms with Gasteiger partial charge in [0.05, 0.1) is 25.1 Å². The Morgan fingerprint density at radius 2 is 1.89 bits per heavy atom. The molecule has 3 heterocycles. The largest absolute Gasteiger partial charge is 0.493 e. The van der Waals surface area contributed by atoms with Crippen LogP contribution < -0.4 is 9.47 Å². The zero-order valence-corrected chi connectivity index (χ0v) is 17.5. The van der Waals surface area contributed by atoms with Crippen molar-refractivity contribution in [3.8, 4) is 17.4 Å². The van der Waals surface area contributed by atoms with E-state index in [1.165, 1.54) is 15.9 Å². The lowest BCUT2D eigenvalue weighted by molar-refractivity contribution is 0.157. The summed E-state index contributed by atoms with van der Waals surface area (Å²) in [6.07, 6.45) is 2.29. The van der Waals surface area contributed by atoms with E-state index in [9.17, 15) is 5.11 Å². The summed E-state index contributed by atoms with van der Waals surface area (Å²) in [6.45, 7) is 6.08. The fourth-order valence-corrected chi connectivity index (χ4v) is 5.03. The molecule has 1 saturated heterocycles. The fourth-order valence-electron chi connectivity index (χ4n) is 3.86. The first kappa shape index (κ1) is 19.0. The van der Waals surface area contributed by atoms with Crippen molar-refractivity contribution in [3.63, 3.8) is 0 Å². The Hall–Kier alpha value is -2.32. The van der Waals surface area contributed by atoms with Crippen LogP contribution in [0.5, 0.6) is 17.4 Å². The summed E-state index contributed by atoms with van der Waals surface area (Å²) in [5.41, 5.74) is 1.06. The summed E-state index contributed by atoms with van der Waals surface area (Å²) in [5, 5.41) is 15.3. The lowest BCUT2D eigenvalue weighted by Gasteiger charge is -2.36. The van der Waals surface area contributed by atoms with Crippen LogP contribution in [0.15, 0.2) is 18.2 Å². The Bertz CT molecular complexity index is 975. The zero-order valence-electron chi connectivity index (χ0n) is 16.7. The molecular weight excluding hydrogens is 376 g/mol. The van der Waals surface area contributed by atoms with Crippen LogP contribution in [0.2, 0.25) is 0 Å². The number of piperidine rings is 1. The summed E-state index contributed by atoms with van der Waals surface area (Å²) in [6, 6.07) is 5.89. The maximum absolute atomic E-state index is 10.9. The predicted molar refractivity (Wildman–Crippen MR) is 109 cm³/mol. The van der Waals surface area contributed by atoms with Crippen molar-refractivity contribution >= 4 is 16.3 Å². The van der Waals surface area contributed by atoms with Gasteiger partial charge in [-0.15, -0.1) is 5.10 Å². The van der Waals surface area contributed by atoms with Crippen molar-refractivity contribution < 1.29 is 14.6 Å². The van der Waals surface area contributed by atoms with Gasteiger partial charge in [0, 0.05) is 0 Å². The standard InChI is InChI=1S/C20H26N4O3S/c1-12-7-9-23(10-8-12)17(14-5-6-15(26-3)16(11-14)27-4)18-19(25)24-20(28-18)21-13(2)22-24/h5-6,11-12,17,25H,7-10H2,1-4H3/t17-/m0/s1. The van der Waals surface area contributed by atoms with E-state index in [4.69, 9.17) is 9.47 Å². The van der Waals surface area contributed by atoms with Crippen molar-refractivity contribution in [1.82, 2.24) is 19.5 Å². The number of nitrogens with zero attached hydrogens (tertiary/aromatic N) is 4. The minimum atomic E-state index is -0.0823. The van der Waals surface area contributed by atoms with Gasteiger partial charge < -0.3 is 14.6 Å². The lowest BCUT2D eigenvalue weighted by atomic mass is 9.95. The van der Waals surface area contributed by atoms with E-state index in [1.54, 1.807) is 14.2 Å². The van der Waals surface area contributed by atoms with Crippen LogP contribution in [0, 0.1) is 12.8 Å². The third-order valence-corrected chi connectivity index (χ3v) is 6.53. The predicted octanol–water partition coefficient (Wildman–Crippen LogP) is 3.64. The summed E-state index contributed by atoms with van der Waals surface area (Å²) in [5.74, 6) is 2.92. The molecule has 2 aromatic heterocycles. The third-order valence-electron chi connectivity index (χ3n) is 5.46. The Morgan fingerprint density at radius 1 is 1.18 bits per heavy atom. The van der Waals surface area contributed by atoms with E-state index >= 15 is 0 Å². The molecule has 0 saturated carbocycles. The number of methoxy groups -OCH3 is 2. The van der Waals surface area contributed by atoms with Crippen molar-refractivity contribution in [3.05, 3.63) is 34.5 Å². The van der Waals surface area contributed by atoms with E-state index in [-0.39, 0.29) is 11.9 Å². The highest BCUT2D eigenvalue weighted by Crippen LogP contribution is 2.43. The molecular formula is C20H26N4O3S. The van der Waals surface area contributed by atoms with Crippen LogP contribution in [0.3, 0.4) is 0 Å². The molecule has 1 atom stereocenters. The number of hydrogen-bond acceptors (Lipinski definition) is 7. The van der Waals surface area contributed by atoms with Crippen molar-refractivity contribution in [1.29, 1.82) is 0 Å². The van der Waals surface area contributed by atoms with Crippen molar-refractivity contribution in [2.24, 2.45) is 5.92 Å². The average Bonchev–Trinajstić information content (AvgIpc) is 3.21. The number of aromatic hydroxyl groups is 1. The number of fused-ring (bicyclic) bond motifs is 1. The SMILES string of the molecule is COc1ccc([C@@H](c2sc3nc(C)nn3c2O)N2CCC(C)CC2)cc1OC. The average molecular weight is 403 g/mol. The molecule has 150 valence electrons. The monoisotopic (exact) mass is 402 g/mol. The van der Waals surface area contributed by atoms with Gasteiger partial charge in [-0.05, 0) is 56.5 Å². The fraction of sp³-hybridized carbons (Fsp3) is 0.500. The van der Waals surface area contributed by atoms with Crippen LogP contribution in [0.4, 0.5) is 0 Å². The highest BCUT2D eigenvalue weighted by atomic mass is 32.1. The van der Waals surface area contributed by atoms with Gasteiger partial charge in [-0.25, -0.2) is 4.98 Å². The van der Waals surface area contributed by atoms with Gasteiger partial charge in [-0.3, -0.25) is 4.90 Å². The molecule has 0 spiro atoms. The molecule has 1 aliphatic rings. The maximum atomic E-state index is 10.9. The van der Waals surface area contributed by atoms with E-state index in [0.29, 0.717) is 22.3 Å². The van der Waals surface area contributed by atoms with Crippen molar-refractivity contribution in [2.75, 3.05) is 27.3 Å². The van der Waals surface area contributed by atoms with E-state index < -0.39 is 0 Å². The van der Waals surface area contributed by atoms with Gasteiger partial charge >= 0.3 is 0 Å². The molecule has 7 nitrogen and oxygen atoms in total. The lowest BCUT2D eigenvalue weighted by Crippen LogP contribution is -2.36. The van der Waals surface area contributed by atoms with Crippen molar-refractivity contribution in [2.45, 2.75) is 32.7 Å². The maximum Gasteiger partial charge on any atom is 0.230 e. The van der Waals surface area contributed by atoms with Gasteiger partial charge in [0.15, 0.2) is 11.5 Å². The third kappa shape index (κ3) is 3.31. The first-order valence-corrected chi connectivity index (χ1v) is 10.3. The first-order chi connectivity index (χ1) is 13.5. The number of aromatic nitrogens is 3.